The van der Waals surface area contributed by atoms with Crippen LogP contribution in [0.4, 0.5) is 0 Å². The summed E-state index contributed by atoms with van der Waals surface area (Å²) in [6.45, 7) is 6.47. The number of halogens is 2. The maximum atomic E-state index is 5.81. The Morgan fingerprint density at radius 1 is 1.42 bits per heavy atom. The van der Waals surface area contributed by atoms with Crippen molar-refractivity contribution in [3.63, 3.8) is 0 Å². The van der Waals surface area contributed by atoms with Gasteiger partial charge >= 0.3 is 0 Å². The molecule has 2 aliphatic heterocycles. The summed E-state index contributed by atoms with van der Waals surface area (Å²) in [5, 5.41) is 0. The lowest BCUT2D eigenvalue weighted by molar-refractivity contribution is 0.191. The molecule has 2 unspecified atom stereocenters. The molecule has 2 atom stereocenters. The second kappa shape index (κ2) is 5.74. The maximum absolute atomic E-state index is 5.81. The molecular formula is C15H19Br2NO. The van der Waals surface area contributed by atoms with E-state index in [0.29, 0.717) is 4.83 Å². The van der Waals surface area contributed by atoms with E-state index in [1.807, 2.05) is 0 Å². The lowest BCUT2D eigenvalue weighted by atomic mass is 9.98. The van der Waals surface area contributed by atoms with Crippen LogP contribution in [-0.4, -0.2) is 29.4 Å². The van der Waals surface area contributed by atoms with Crippen LogP contribution in [0.3, 0.4) is 0 Å². The van der Waals surface area contributed by atoms with E-state index in [-0.39, 0.29) is 0 Å². The lowest BCUT2D eigenvalue weighted by Gasteiger charge is -2.34. The fourth-order valence-corrected chi connectivity index (χ4v) is 4.16. The smallest absolute Gasteiger partial charge is 0.127 e. The highest BCUT2D eigenvalue weighted by atomic mass is 79.9. The molecule has 0 bridgehead atoms. The monoisotopic (exact) mass is 387 g/mol. The number of alkyl halides is 1. The molecule has 0 amide bonds. The van der Waals surface area contributed by atoms with Gasteiger partial charge in [-0.15, -0.1) is 0 Å². The average molecular weight is 389 g/mol. The summed E-state index contributed by atoms with van der Waals surface area (Å²) in [6, 6.07) is 4.41. The molecule has 2 aliphatic rings. The van der Waals surface area contributed by atoms with Gasteiger partial charge < -0.3 is 4.74 Å². The largest absolute Gasteiger partial charge is 0.493 e. The predicted molar refractivity (Wildman–Crippen MR) is 85.1 cm³/mol. The summed E-state index contributed by atoms with van der Waals surface area (Å²) in [4.78, 5) is 3.14. The first-order valence-corrected chi connectivity index (χ1v) is 8.65. The Kier molecular flexibility index (Phi) is 4.20. The van der Waals surface area contributed by atoms with Gasteiger partial charge in [0, 0.05) is 34.4 Å². The first-order valence-electron chi connectivity index (χ1n) is 6.94. The molecule has 0 spiro atoms. The van der Waals surface area contributed by atoms with Gasteiger partial charge in [0.15, 0.2) is 0 Å². The number of ether oxygens (including phenoxy) is 1. The van der Waals surface area contributed by atoms with Crippen LogP contribution in [0.5, 0.6) is 5.75 Å². The minimum absolute atomic E-state index is 0.613. The predicted octanol–water partition coefficient (Wildman–Crippen LogP) is 3.99. The lowest BCUT2D eigenvalue weighted by Crippen LogP contribution is -2.39. The molecule has 0 N–H and O–H groups in total. The zero-order chi connectivity index (χ0) is 13.4. The number of nitrogens with zero attached hydrogens (tertiary/aromatic N) is 1. The summed E-state index contributed by atoms with van der Waals surface area (Å²) in [5.74, 6) is 1.91. The van der Waals surface area contributed by atoms with Gasteiger partial charge in [0.25, 0.3) is 0 Å². The first-order chi connectivity index (χ1) is 9.13. The zero-order valence-electron chi connectivity index (χ0n) is 11.2. The maximum Gasteiger partial charge on any atom is 0.127 e. The highest BCUT2D eigenvalue weighted by Crippen LogP contribution is 2.34. The Morgan fingerprint density at radius 3 is 3.05 bits per heavy atom. The van der Waals surface area contributed by atoms with Crippen molar-refractivity contribution in [2.24, 2.45) is 5.92 Å². The third-order valence-corrected chi connectivity index (χ3v) is 5.82. The van der Waals surface area contributed by atoms with Crippen molar-refractivity contribution < 1.29 is 4.74 Å². The Bertz CT molecular complexity index is 477. The van der Waals surface area contributed by atoms with Crippen LogP contribution in [0.15, 0.2) is 16.6 Å². The zero-order valence-corrected chi connectivity index (χ0v) is 14.3. The first kappa shape index (κ1) is 13.9. The Morgan fingerprint density at radius 2 is 2.26 bits per heavy atom. The highest BCUT2D eigenvalue weighted by molar-refractivity contribution is 9.10. The summed E-state index contributed by atoms with van der Waals surface area (Å²) in [5.41, 5.74) is 2.68. The van der Waals surface area contributed by atoms with Crippen molar-refractivity contribution in [1.82, 2.24) is 4.90 Å². The van der Waals surface area contributed by atoms with Crippen LogP contribution in [-0.2, 0) is 13.0 Å². The number of hydrogen-bond donors (Lipinski definition) is 0. The number of piperidine rings is 1. The molecular weight excluding hydrogens is 370 g/mol. The van der Waals surface area contributed by atoms with E-state index in [9.17, 15) is 0 Å². The molecule has 1 aromatic rings. The average Bonchev–Trinajstić information content (AvgIpc) is 2.82. The minimum atomic E-state index is 0.613. The third-order valence-electron chi connectivity index (χ3n) is 4.17. The molecule has 1 fully saturated rings. The number of hydrogen-bond acceptors (Lipinski definition) is 2. The SMILES string of the molecule is CC1CCN(Cc2cc(Br)cc3c2OCC3)CC1Br. The number of benzene rings is 1. The molecule has 2 nitrogen and oxygen atoms in total. The van der Waals surface area contributed by atoms with Crippen molar-refractivity contribution in [1.29, 1.82) is 0 Å². The normalized spacial score (nSPS) is 27.1. The standard InChI is InChI=1S/C15H19Br2NO/c1-10-2-4-18(9-14(10)17)8-12-7-13(16)6-11-3-5-19-15(11)12/h6-7,10,14H,2-5,8-9H2,1H3. The van der Waals surface area contributed by atoms with E-state index in [4.69, 9.17) is 4.74 Å². The summed E-state index contributed by atoms with van der Waals surface area (Å²) < 4.78 is 6.99. The molecule has 1 saturated heterocycles. The van der Waals surface area contributed by atoms with Crippen molar-refractivity contribution >= 4 is 31.9 Å². The fraction of sp³-hybridized carbons (Fsp3) is 0.600. The summed E-state index contributed by atoms with van der Waals surface area (Å²) in [6.07, 6.45) is 2.31. The third kappa shape index (κ3) is 3.01. The van der Waals surface area contributed by atoms with E-state index in [0.717, 1.165) is 37.8 Å². The van der Waals surface area contributed by atoms with Crippen molar-refractivity contribution in [2.45, 2.75) is 31.1 Å². The van der Waals surface area contributed by atoms with Crippen molar-refractivity contribution in [2.75, 3.05) is 19.7 Å². The fourth-order valence-electron chi connectivity index (χ4n) is 2.93. The van der Waals surface area contributed by atoms with Crippen LogP contribution in [0, 0.1) is 5.92 Å². The number of fused-ring (bicyclic) bond motifs is 1. The molecule has 0 saturated carbocycles. The van der Waals surface area contributed by atoms with E-state index in [1.165, 1.54) is 28.6 Å². The van der Waals surface area contributed by atoms with Crippen LogP contribution in [0.25, 0.3) is 0 Å². The number of rotatable bonds is 2. The molecule has 1 aromatic carbocycles. The van der Waals surface area contributed by atoms with Crippen LogP contribution < -0.4 is 4.74 Å². The summed E-state index contributed by atoms with van der Waals surface area (Å²) in [7, 11) is 0. The van der Waals surface area contributed by atoms with Crippen molar-refractivity contribution in [3.8, 4) is 5.75 Å². The topological polar surface area (TPSA) is 12.5 Å². The van der Waals surface area contributed by atoms with Gasteiger partial charge in [-0.2, -0.15) is 0 Å². The molecule has 0 radical (unpaired) electrons. The number of likely N-dealkylation sites (tertiary alicyclic amines) is 1. The van der Waals surface area contributed by atoms with Gasteiger partial charge in [-0.1, -0.05) is 38.8 Å². The van der Waals surface area contributed by atoms with Gasteiger partial charge in [0.2, 0.25) is 0 Å². The molecule has 3 rings (SSSR count). The van der Waals surface area contributed by atoms with E-state index in [2.05, 4.69) is 55.8 Å². The highest BCUT2D eigenvalue weighted by Gasteiger charge is 2.26. The molecule has 104 valence electrons. The van der Waals surface area contributed by atoms with E-state index >= 15 is 0 Å². The molecule has 2 heterocycles. The molecule has 0 aromatic heterocycles. The van der Waals surface area contributed by atoms with Gasteiger partial charge in [0.1, 0.15) is 5.75 Å². The van der Waals surface area contributed by atoms with Crippen LogP contribution in [0.1, 0.15) is 24.5 Å². The van der Waals surface area contributed by atoms with Gasteiger partial charge in [0.05, 0.1) is 6.61 Å². The van der Waals surface area contributed by atoms with E-state index < -0.39 is 0 Å². The summed E-state index contributed by atoms with van der Waals surface area (Å²) >= 11 is 7.42. The molecule has 4 heteroatoms. The van der Waals surface area contributed by atoms with Crippen LogP contribution in [0.2, 0.25) is 0 Å². The van der Waals surface area contributed by atoms with Crippen molar-refractivity contribution in [3.05, 3.63) is 27.7 Å². The van der Waals surface area contributed by atoms with Gasteiger partial charge in [-0.05, 0) is 36.6 Å². The van der Waals surface area contributed by atoms with E-state index in [1.54, 1.807) is 0 Å². The second-order valence-corrected chi connectivity index (χ2v) is 7.76. The Hall–Kier alpha value is -0.0600. The molecule has 0 aliphatic carbocycles. The Labute approximate surface area is 131 Å². The second-order valence-electron chi connectivity index (χ2n) is 5.67. The molecule has 19 heavy (non-hydrogen) atoms. The van der Waals surface area contributed by atoms with Gasteiger partial charge in [-0.25, -0.2) is 0 Å². The minimum Gasteiger partial charge on any atom is -0.493 e. The quantitative estimate of drug-likeness (QED) is 0.710. The Balaban J connectivity index is 1.77. The van der Waals surface area contributed by atoms with Gasteiger partial charge in [-0.3, -0.25) is 4.90 Å². The van der Waals surface area contributed by atoms with Crippen LogP contribution >= 0.6 is 31.9 Å².